The molecule has 0 N–H and O–H groups in total. The largest absolute Gasteiger partial charge is 0.299 e. The van der Waals surface area contributed by atoms with Gasteiger partial charge in [-0.1, -0.05) is 37.0 Å². The average molecular weight is 247 g/mol. The predicted octanol–water partition coefficient (Wildman–Crippen LogP) is 3.62. The van der Waals surface area contributed by atoms with Crippen LogP contribution in [0, 0.1) is 0 Å². The van der Waals surface area contributed by atoms with Gasteiger partial charge in [-0.25, -0.2) is 4.98 Å². The van der Waals surface area contributed by atoms with Crippen LogP contribution in [0.1, 0.15) is 25.8 Å². The highest BCUT2D eigenvalue weighted by molar-refractivity contribution is 6.34. The third-order valence-corrected chi connectivity index (χ3v) is 2.84. The maximum absolute atomic E-state index is 6.08. The van der Waals surface area contributed by atoms with Crippen molar-refractivity contribution in [1.82, 2.24) is 9.88 Å². The van der Waals surface area contributed by atoms with E-state index in [0.29, 0.717) is 10.2 Å². The van der Waals surface area contributed by atoms with Gasteiger partial charge >= 0.3 is 0 Å². The fourth-order valence-corrected chi connectivity index (χ4v) is 1.88. The van der Waals surface area contributed by atoms with E-state index in [1.54, 1.807) is 12.3 Å². The molecular formula is C11H16Cl2N2. The summed E-state index contributed by atoms with van der Waals surface area (Å²) >= 11 is 11.8. The van der Waals surface area contributed by atoms with Gasteiger partial charge in [-0.05, 0) is 25.6 Å². The van der Waals surface area contributed by atoms with Crippen molar-refractivity contribution in [2.75, 3.05) is 13.1 Å². The van der Waals surface area contributed by atoms with Crippen molar-refractivity contribution in [3.05, 3.63) is 28.0 Å². The molecule has 84 valence electrons. The molecule has 0 aromatic carbocycles. The van der Waals surface area contributed by atoms with E-state index in [4.69, 9.17) is 23.2 Å². The minimum absolute atomic E-state index is 0.447. The summed E-state index contributed by atoms with van der Waals surface area (Å²) in [5.74, 6) is 0. The maximum atomic E-state index is 6.08. The van der Waals surface area contributed by atoms with Crippen molar-refractivity contribution in [2.24, 2.45) is 0 Å². The summed E-state index contributed by atoms with van der Waals surface area (Å²) in [4.78, 5) is 6.37. The first kappa shape index (κ1) is 12.8. The van der Waals surface area contributed by atoms with Crippen molar-refractivity contribution in [1.29, 1.82) is 0 Å². The predicted molar refractivity (Wildman–Crippen MR) is 65.5 cm³/mol. The topological polar surface area (TPSA) is 16.1 Å². The first-order valence-electron chi connectivity index (χ1n) is 5.19. The third-order valence-electron chi connectivity index (χ3n) is 2.28. The van der Waals surface area contributed by atoms with Gasteiger partial charge in [0.25, 0.3) is 0 Å². The molecule has 0 aliphatic heterocycles. The minimum Gasteiger partial charge on any atom is -0.299 e. The van der Waals surface area contributed by atoms with E-state index in [1.807, 2.05) is 0 Å². The van der Waals surface area contributed by atoms with E-state index in [9.17, 15) is 0 Å². The SMILES string of the molecule is CCCN(CC)Cc1cnc(Cl)cc1Cl. The van der Waals surface area contributed by atoms with Gasteiger partial charge in [0, 0.05) is 23.3 Å². The molecule has 1 aromatic rings. The normalized spacial score (nSPS) is 11.0. The standard InChI is InChI=1S/C11H16Cl2N2/c1-3-5-15(4-2)8-9-7-14-11(13)6-10(9)12/h6-7H,3-5,8H2,1-2H3. The highest BCUT2D eigenvalue weighted by Gasteiger charge is 2.07. The number of hydrogen-bond acceptors (Lipinski definition) is 2. The summed E-state index contributed by atoms with van der Waals surface area (Å²) in [7, 11) is 0. The second-order valence-electron chi connectivity index (χ2n) is 3.47. The molecule has 0 aliphatic carbocycles. The Bertz CT molecular complexity index is 315. The van der Waals surface area contributed by atoms with Crippen molar-refractivity contribution >= 4 is 23.2 Å². The number of rotatable bonds is 5. The van der Waals surface area contributed by atoms with E-state index >= 15 is 0 Å². The Morgan fingerprint density at radius 3 is 2.60 bits per heavy atom. The molecule has 0 fully saturated rings. The number of aromatic nitrogens is 1. The van der Waals surface area contributed by atoms with Gasteiger partial charge in [-0.3, -0.25) is 4.90 Å². The lowest BCUT2D eigenvalue weighted by Gasteiger charge is -2.19. The molecule has 0 spiro atoms. The molecule has 2 nitrogen and oxygen atoms in total. The van der Waals surface area contributed by atoms with Crippen molar-refractivity contribution in [3.63, 3.8) is 0 Å². The fraction of sp³-hybridized carbons (Fsp3) is 0.545. The zero-order chi connectivity index (χ0) is 11.3. The zero-order valence-electron chi connectivity index (χ0n) is 9.13. The van der Waals surface area contributed by atoms with Crippen LogP contribution in [0.5, 0.6) is 0 Å². The van der Waals surface area contributed by atoms with Crippen LogP contribution in [-0.4, -0.2) is 23.0 Å². The van der Waals surface area contributed by atoms with Crippen LogP contribution in [0.15, 0.2) is 12.3 Å². The van der Waals surface area contributed by atoms with Crippen molar-refractivity contribution < 1.29 is 0 Å². The van der Waals surface area contributed by atoms with Crippen LogP contribution in [0.4, 0.5) is 0 Å². The first-order chi connectivity index (χ1) is 7.17. The molecule has 0 saturated heterocycles. The second kappa shape index (κ2) is 6.31. The third kappa shape index (κ3) is 3.98. The summed E-state index contributed by atoms with van der Waals surface area (Å²) in [5.41, 5.74) is 1.04. The molecule has 15 heavy (non-hydrogen) atoms. The lowest BCUT2D eigenvalue weighted by Crippen LogP contribution is -2.23. The molecule has 1 heterocycles. The molecule has 0 saturated carbocycles. The van der Waals surface area contributed by atoms with Crippen molar-refractivity contribution in [2.45, 2.75) is 26.8 Å². The van der Waals surface area contributed by atoms with Gasteiger partial charge < -0.3 is 0 Å². The molecule has 0 radical (unpaired) electrons. The average Bonchev–Trinajstić information content (AvgIpc) is 2.21. The second-order valence-corrected chi connectivity index (χ2v) is 4.26. The zero-order valence-corrected chi connectivity index (χ0v) is 10.6. The van der Waals surface area contributed by atoms with E-state index in [0.717, 1.165) is 31.6 Å². The molecule has 0 amide bonds. The smallest absolute Gasteiger partial charge is 0.130 e. The van der Waals surface area contributed by atoms with Gasteiger partial charge in [0.15, 0.2) is 0 Å². The highest BCUT2D eigenvalue weighted by Crippen LogP contribution is 2.20. The summed E-state index contributed by atoms with van der Waals surface area (Å²) in [6.45, 7) is 7.26. The molecular weight excluding hydrogens is 231 g/mol. The van der Waals surface area contributed by atoms with Gasteiger partial charge in [0.2, 0.25) is 0 Å². The van der Waals surface area contributed by atoms with Crippen LogP contribution in [0.2, 0.25) is 10.2 Å². The van der Waals surface area contributed by atoms with Crippen LogP contribution in [-0.2, 0) is 6.54 Å². The Morgan fingerprint density at radius 2 is 2.07 bits per heavy atom. The lowest BCUT2D eigenvalue weighted by atomic mass is 10.2. The van der Waals surface area contributed by atoms with Gasteiger partial charge in [-0.2, -0.15) is 0 Å². The Kier molecular flexibility index (Phi) is 5.37. The Morgan fingerprint density at radius 1 is 1.33 bits per heavy atom. The Labute approximate surface area is 101 Å². The number of hydrogen-bond donors (Lipinski definition) is 0. The summed E-state index contributed by atoms with van der Waals surface area (Å²) < 4.78 is 0. The molecule has 0 unspecified atom stereocenters. The van der Waals surface area contributed by atoms with Crippen LogP contribution >= 0.6 is 23.2 Å². The summed E-state index contributed by atoms with van der Waals surface area (Å²) in [5, 5.41) is 1.15. The monoisotopic (exact) mass is 246 g/mol. The van der Waals surface area contributed by atoms with E-state index in [1.165, 1.54) is 0 Å². The fourth-order valence-electron chi connectivity index (χ4n) is 1.46. The van der Waals surface area contributed by atoms with Gasteiger partial charge in [0.1, 0.15) is 5.15 Å². The summed E-state index contributed by atoms with van der Waals surface area (Å²) in [6, 6.07) is 1.69. The molecule has 0 atom stereocenters. The van der Waals surface area contributed by atoms with Crippen molar-refractivity contribution in [3.8, 4) is 0 Å². The molecule has 1 rings (SSSR count). The number of halogens is 2. The minimum atomic E-state index is 0.447. The maximum Gasteiger partial charge on any atom is 0.130 e. The van der Waals surface area contributed by atoms with E-state index in [-0.39, 0.29) is 0 Å². The summed E-state index contributed by atoms with van der Waals surface area (Å²) in [6.07, 6.45) is 2.90. The number of nitrogens with zero attached hydrogens (tertiary/aromatic N) is 2. The van der Waals surface area contributed by atoms with E-state index in [2.05, 4.69) is 23.7 Å². The Hall–Kier alpha value is -0.310. The van der Waals surface area contributed by atoms with Crippen LogP contribution in [0.25, 0.3) is 0 Å². The quantitative estimate of drug-likeness (QED) is 0.739. The van der Waals surface area contributed by atoms with Gasteiger partial charge in [0.05, 0.1) is 0 Å². The van der Waals surface area contributed by atoms with Gasteiger partial charge in [-0.15, -0.1) is 0 Å². The van der Waals surface area contributed by atoms with Crippen LogP contribution < -0.4 is 0 Å². The molecule has 1 aromatic heterocycles. The lowest BCUT2D eigenvalue weighted by molar-refractivity contribution is 0.280. The van der Waals surface area contributed by atoms with Crippen LogP contribution in [0.3, 0.4) is 0 Å². The van der Waals surface area contributed by atoms with E-state index < -0.39 is 0 Å². The number of pyridine rings is 1. The first-order valence-corrected chi connectivity index (χ1v) is 5.95. The molecule has 0 aliphatic rings. The molecule has 0 bridgehead atoms. The molecule has 4 heteroatoms. The Balaban J connectivity index is 2.70. The highest BCUT2D eigenvalue weighted by atomic mass is 35.5.